The first-order valence-electron chi connectivity index (χ1n) is 5.76. The number of hydrogen-bond acceptors (Lipinski definition) is 4. The Hall–Kier alpha value is -2.24. The molecule has 0 unspecified atom stereocenters. The minimum Gasteiger partial charge on any atom is -0.383 e. The predicted molar refractivity (Wildman–Crippen MR) is 69.6 cm³/mol. The fraction of sp³-hybridized carbons (Fsp3) is 0.231. The number of nitrogen functional groups attached to an aromatic ring is 1. The fourth-order valence-electron chi connectivity index (χ4n) is 1.67. The maximum atomic E-state index is 13.5. The van der Waals surface area contributed by atoms with Gasteiger partial charge in [-0.15, -0.1) is 0 Å². The summed E-state index contributed by atoms with van der Waals surface area (Å²) in [6.07, 6.45) is 0. The molecule has 6 heteroatoms. The Balaban J connectivity index is 2.19. The molecule has 0 amide bonds. The van der Waals surface area contributed by atoms with E-state index in [0.717, 1.165) is 6.07 Å². The monoisotopic (exact) mass is 264 g/mol. The van der Waals surface area contributed by atoms with Crippen molar-refractivity contribution in [2.75, 3.05) is 11.1 Å². The van der Waals surface area contributed by atoms with Crippen molar-refractivity contribution in [1.29, 1.82) is 0 Å². The van der Waals surface area contributed by atoms with Gasteiger partial charge in [0.2, 0.25) is 0 Å². The van der Waals surface area contributed by atoms with E-state index < -0.39 is 11.6 Å². The lowest BCUT2D eigenvalue weighted by Gasteiger charge is -2.11. The fourth-order valence-corrected chi connectivity index (χ4v) is 1.67. The van der Waals surface area contributed by atoms with Crippen molar-refractivity contribution in [3.63, 3.8) is 0 Å². The van der Waals surface area contributed by atoms with E-state index >= 15 is 0 Å². The van der Waals surface area contributed by atoms with Gasteiger partial charge in [-0.05, 0) is 19.9 Å². The SMILES string of the molecule is Cc1nc(N)c(C)c(NCc2ccc(F)cc2F)n1. The standard InChI is InChI=1S/C13H14F2N4/c1-7-12(16)18-8(2)19-13(7)17-6-9-3-4-10(14)5-11(9)15/h3-5H,6H2,1-2H3,(H3,16,17,18,19). The highest BCUT2D eigenvalue weighted by molar-refractivity contribution is 5.54. The molecule has 4 nitrogen and oxygen atoms in total. The molecule has 0 radical (unpaired) electrons. The van der Waals surface area contributed by atoms with Gasteiger partial charge in [0.1, 0.15) is 29.1 Å². The van der Waals surface area contributed by atoms with Gasteiger partial charge in [-0.1, -0.05) is 6.07 Å². The molecule has 0 bridgehead atoms. The van der Waals surface area contributed by atoms with E-state index in [0.29, 0.717) is 28.6 Å². The smallest absolute Gasteiger partial charge is 0.135 e. The second kappa shape index (κ2) is 5.17. The van der Waals surface area contributed by atoms with E-state index in [1.807, 2.05) is 0 Å². The summed E-state index contributed by atoms with van der Waals surface area (Å²) in [5, 5.41) is 2.98. The quantitative estimate of drug-likeness (QED) is 0.894. The Labute approximate surface area is 109 Å². The second-order valence-corrected chi connectivity index (χ2v) is 4.22. The van der Waals surface area contributed by atoms with Crippen LogP contribution < -0.4 is 11.1 Å². The molecule has 3 N–H and O–H groups in total. The lowest BCUT2D eigenvalue weighted by Crippen LogP contribution is -2.09. The number of hydrogen-bond donors (Lipinski definition) is 2. The summed E-state index contributed by atoms with van der Waals surface area (Å²) in [6.45, 7) is 3.69. The molecular weight excluding hydrogens is 250 g/mol. The number of aromatic nitrogens is 2. The molecule has 2 rings (SSSR count). The average Bonchev–Trinajstić information content (AvgIpc) is 2.33. The largest absolute Gasteiger partial charge is 0.383 e. The third kappa shape index (κ3) is 2.96. The maximum absolute atomic E-state index is 13.5. The topological polar surface area (TPSA) is 63.8 Å². The highest BCUT2D eigenvalue weighted by atomic mass is 19.1. The lowest BCUT2D eigenvalue weighted by atomic mass is 10.2. The summed E-state index contributed by atoms with van der Waals surface area (Å²) in [5.74, 6) is 0.275. The highest BCUT2D eigenvalue weighted by Crippen LogP contribution is 2.18. The normalized spacial score (nSPS) is 10.5. The van der Waals surface area contributed by atoms with Gasteiger partial charge >= 0.3 is 0 Å². The average molecular weight is 264 g/mol. The molecular formula is C13H14F2N4. The van der Waals surface area contributed by atoms with E-state index in [1.54, 1.807) is 13.8 Å². The Morgan fingerprint density at radius 3 is 2.63 bits per heavy atom. The van der Waals surface area contributed by atoms with Crippen molar-refractivity contribution in [3.05, 3.63) is 46.8 Å². The van der Waals surface area contributed by atoms with Gasteiger partial charge < -0.3 is 11.1 Å². The number of halogens is 2. The highest BCUT2D eigenvalue weighted by Gasteiger charge is 2.08. The maximum Gasteiger partial charge on any atom is 0.135 e. The van der Waals surface area contributed by atoms with E-state index in [-0.39, 0.29) is 6.54 Å². The summed E-state index contributed by atoms with van der Waals surface area (Å²) >= 11 is 0. The van der Waals surface area contributed by atoms with E-state index in [9.17, 15) is 8.78 Å². The number of aryl methyl sites for hydroxylation is 1. The van der Waals surface area contributed by atoms with Gasteiger partial charge in [0.05, 0.1) is 0 Å². The van der Waals surface area contributed by atoms with Gasteiger partial charge in [0, 0.05) is 23.7 Å². The molecule has 1 aromatic carbocycles. The minimum atomic E-state index is -0.598. The summed E-state index contributed by atoms with van der Waals surface area (Å²) in [5.41, 5.74) is 6.78. The second-order valence-electron chi connectivity index (χ2n) is 4.22. The van der Waals surface area contributed by atoms with Crippen molar-refractivity contribution >= 4 is 11.6 Å². The lowest BCUT2D eigenvalue weighted by molar-refractivity contribution is 0.574. The molecule has 19 heavy (non-hydrogen) atoms. The molecule has 0 atom stereocenters. The zero-order chi connectivity index (χ0) is 14.0. The first-order valence-corrected chi connectivity index (χ1v) is 5.76. The van der Waals surface area contributed by atoms with Crippen molar-refractivity contribution < 1.29 is 8.78 Å². The van der Waals surface area contributed by atoms with Gasteiger partial charge in [0.15, 0.2) is 0 Å². The Bertz CT molecular complexity index is 614. The number of nitrogens with two attached hydrogens (primary N) is 1. The first kappa shape index (κ1) is 13.2. The van der Waals surface area contributed by atoms with Crippen LogP contribution in [0.25, 0.3) is 0 Å². The van der Waals surface area contributed by atoms with Crippen LogP contribution in [0.15, 0.2) is 18.2 Å². The van der Waals surface area contributed by atoms with Crippen LogP contribution >= 0.6 is 0 Å². The van der Waals surface area contributed by atoms with Crippen LogP contribution in [-0.4, -0.2) is 9.97 Å². The zero-order valence-electron chi connectivity index (χ0n) is 10.7. The molecule has 0 aliphatic carbocycles. The van der Waals surface area contributed by atoms with E-state index in [2.05, 4.69) is 15.3 Å². The van der Waals surface area contributed by atoms with Crippen LogP contribution in [0.3, 0.4) is 0 Å². The molecule has 0 aliphatic rings. The Kier molecular flexibility index (Phi) is 3.59. The molecule has 0 saturated carbocycles. The Morgan fingerprint density at radius 2 is 1.95 bits per heavy atom. The molecule has 0 aliphatic heterocycles. The van der Waals surface area contributed by atoms with Crippen LogP contribution in [0.2, 0.25) is 0 Å². The minimum absolute atomic E-state index is 0.197. The van der Waals surface area contributed by atoms with Gasteiger partial charge in [-0.3, -0.25) is 0 Å². The van der Waals surface area contributed by atoms with Crippen LogP contribution in [0.1, 0.15) is 17.0 Å². The molecule has 100 valence electrons. The van der Waals surface area contributed by atoms with Crippen molar-refractivity contribution in [2.45, 2.75) is 20.4 Å². The van der Waals surface area contributed by atoms with Crippen LogP contribution in [0, 0.1) is 25.5 Å². The number of nitrogens with one attached hydrogen (secondary N) is 1. The number of rotatable bonds is 3. The summed E-state index contributed by atoms with van der Waals surface area (Å²) in [7, 11) is 0. The molecule has 0 spiro atoms. The summed E-state index contributed by atoms with van der Waals surface area (Å²) < 4.78 is 26.3. The van der Waals surface area contributed by atoms with Crippen LogP contribution in [0.5, 0.6) is 0 Å². The number of nitrogens with zero attached hydrogens (tertiary/aromatic N) is 2. The number of benzene rings is 1. The van der Waals surface area contributed by atoms with E-state index in [1.165, 1.54) is 12.1 Å². The summed E-state index contributed by atoms with van der Waals surface area (Å²) in [6, 6.07) is 3.46. The van der Waals surface area contributed by atoms with Crippen molar-refractivity contribution in [3.8, 4) is 0 Å². The molecule has 1 heterocycles. The van der Waals surface area contributed by atoms with Gasteiger partial charge in [-0.25, -0.2) is 18.7 Å². The molecule has 0 saturated heterocycles. The Morgan fingerprint density at radius 1 is 1.21 bits per heavy atom. The van der Waals surface area contributed by atoms with E-state index in [4.69, 9.17) is 5.73 Å². The molecule has 2 aromatic rings. The first-order chi connectivity index (χ1) is 8.97. The van der Waals surface area contributed by atoms with Crippen LogP contribution in [-0.2, 0) is 6.54 Å². The van der Waals surface area contributed by atoms with Crippen LogP contribution in [0.4, 0.5) is 20.4 Å². The predicted octanol–water partition coefficient (Wildman–Crippen LogP) is 2.57. The van der Waals surface area contributed by atoms with Gasteiger partial charge in [0.25, 0.3) is 0 Å². The third-order valence-corrected chi connectivity index (χ3v) is 2.76. The van der Waals surface area contributed by atoms with Gasteiger partial charge in [-0.2, -0.15) is 0 Å². The number of anilines is 2. The third-order valence-electron chi connectivity index (χ3n) is 2.76. The molecule has 1 aromatic heterocycles. The summed E-state index contributed by atoms with van der Waals surface area (Å²) in [4.78, 5) is 8.22. The zero-order valence-corrected chi connectivity index (χ0v) is 10.7. The van der Waals surface area contributed by atoms with Crippen molar-refractivity contribution in [2.24, 2.45) is 0 Å². The van der Waals surface area contributed by atoms with Crippen molar-refractivity contribution in [1.82, 2.24) is 9.97 Å². The molecule has 0 fully saturated rings.